The van der Waals surface area contributed by atoms with E-state index in [-0.39, 0.29) is 41.6 Å². The van der Waals surface area contributed by atoms with Crippen LogP contribution in [0.2, 0.25) is 0 Å². The number of hydrogen-bond acceptors (Lipinski definition) is 7. The molecule has 1 atom stereocenters. The van der Waals surface area contributed by atoms with Crippen molar-refractivity contribution >= 4 is 43.5 Å². The Balaban J connectivity index is 1.33. The quantitative estimate of drug-likeness (QED) is 0.400. The second-order valence-corrected chi connectivity index (χ2v) is 10.4. The topological polar surface area (TPSA) is 107 Å². The fraction of sp³-hybridized carbons (Fsp3) is 0.250. The maximum absolute atomic E-state index is 13.1. The van der Waals surface area contributed by atoms with E-state index >= 15 is 0 Å². The molecule has 0 bridgehead atoms. The van der Waals surface area contributed by atoms with Crippen LogP contribution < -0.4 is 4.74 Å². The van der Waals surface area contributed by atoms with Crippen LogP contribution in [0.1, 0.15) is 22.5 Å². The first-order valence-corrected chi connectivity index (χ1v) is 12.3. The molecular formula is C24H21NO7S. The normalized spacial score (nSPS) is 17.4. The molecule has 33 heavy (non-hydrogen) atoms. The molecule has 2 aromatic heterocycles. The zero-order valence-corrected chi connectivity index (χ0v) is 18.6. The summed E-state index contributed by atoms with van der Waals surface area (Å²) in [6.07, 6.45) is 1.81. The maximum Gasteiger partial charge on any atom is 0.260 e. The zero-order valence-electron chi connectivity index (χ0n) is 17.8. The van der Waals surface area contributed by atoms with Gasteiger partial charge in [-0.2, -0.15) is 0 Å². The summed E-state index contributed by atoms with van der Waals surface area (Å²) in [5, 5.41) is 1.37. The highest BCUT2D eigenvalue weighted by atomic mass is 32.2. The minimum Gasteiger partial charge on any atom is -0.484 e. The van der Waals surface area contributed by atoms with Gasteiger partial charge in [-0.15, -0.1) is 0 Å². The fourth-order valence-corrected chi connectivity index (χ4v) is 5.81. The molecule has 1 amide bonds. The van der Waals surface area contributed by atoms with E-state index in [9.17, 15) is 18.0 Å². The van der Waals surface area contributed by atoms with Gasteiger partial charge in [-0.25, -0.2) is 8.42 Å². The predicted molar refractivity (Wildman–Crippen MR) is 121 cm³/mol. The SMILES string of the molecule is CN(C(=O)COc1ccc2occ(C(=O)c3cc4ccccc4o3)c2c1)C1CCS(=O)(=O)C1. The van der Waals surface area contributed by atoms with E-state index in [2.05, 4.69) is 0 Å². The highest BCUT2D eigenvalue weighted by Gasteiger charge is 2.32. The van der Waals surface area contributed by atoms with Crippen LogP contribution in [0.15, 0.2) is 63.6 Å². The first-order valence-electron chi connectivity index (χ1n) is 10.4. The van der Waals surface area contributed by atoms with Crippen molar-refractivity contribution in [2.45, 2.75) is 12.5 Å². The lowest BCUT2D eigenvalue weighted by Crippen LogP contribution is -2.40. The molecule has 0 spiro atoms. The Labute approximate surface area is 189 Å². The third-order valence-electron chi connectivity index (χ3n) is 5.95. The van der Waals surface area contributed by atoms with E-state index in [0.717, 1.165) is 5.39 Å². The Hall–Kier alpha value is -3.59. The summed E-state index contributed by atoms with van der Waals surface area (Å²) >= 11 is 0. The van der Waals surface area contributed by atoms with Crippen LogP contribution in [0.5, 0.6) is 5.75 Å². The van der Waals surface area contributed by atoms with E-state index in [1.54, 1.807) is 37.4 Å². The zero-order chi connectivity index (χ0) is 23.2. The lowest BCUT2D eigenvalue weighted by Gasteiger charge is -2.23. The van der Waals surface area contributed by atoms with E-state index in [4.69, 9.17) is 13.6 Å². The molecule has 5 rings (SSSR count). The Morgan fingerprint density at radius 3 is 2.70 bits per heavy atom. The van der Waals surface area contributed by atoms with Crippen molar-refractivity contribution in [3.05, 3.63) is 66.1 Å². The lowest BCUT2D eigenvalue weighted by atomic mass is 10.1. The second kappa shape index (κ2) is 8.08. The summed E-state index contributed by atoms with van der Waals surface area (Å²) in [5.74, 6) is 0.0268. The summed E-state index contributed by atoms with van der Waals surface area (Å²) in [6.45, 7) is -0.247. The molecule has 3 heterocycles. The standard InChI is InChI=1S/C24H21NO7S/c1-25(16-8-9-33(28,29)14-16)23(26)13-30-17-6-7-21-18(11-17)19(12-31-21)24(27)22-10-15-4-2-3-5-20(15)32-22/h2-7,10-12,16H,8-9,13-14H2,1H3. The van der Waals surface area contributed by atoms with E-state index < -0.39 is 9.84 Å². The van der Waals surface area contributed by atoms with E-state index in [1.807, 2.05) is 18.2 Å². The van der Waals surface area contributed by atoms with Crippen LogP contribution in [0.3, 0.4) is 0 Å². The summed E-state index contributed by atoms with van der Waals surface area (Å²) in [4.78, 5) is 27.0. The van der Waals surface area contributed by atoms with Crippen LogP contribution in [-0.2, 0) is 14.6 Å². The number of rotatable bonds is 6. The number of para-hydroxylation sites is 1. The van der Waals surface area contributed by atoms with Crippen molar-refractivity contribution < 1.29 is 31.6 Å². The van der Waals surface area contributed by atoms with Gasteiger partial charge in [0.15, 0.2) is 22.2 Å². The molecule has 0 radical (unpaired) electrons. The molecule has 1 fully saturated rings. The number of ketones is 1. The first-order chi connectivity index (χ1) is 15.8. The van der Waals surface area contributed by atoms with Crippen molar-refractivity contribution in [3.8, 4) is 5.75 Å². The number of hydrogen-bond donors (Lipinski definition) is 0. The summed E-state index contributed by atoms with van der Waals surface area (Å²) < 4.78 is 40.2. The number of amides is 1. The van der Waals surface area contributed by atoms with Crippen LogP contribution >= 0.6 is 0 Å². The van der Waals surface area contributed by atoms with Gasteiger partial charge >= 0.3 is 0 Å². The van der Waals surface area contributed by atoms with Gasteiger partial charge < -0.3 is 18.5 Å². The maximum atomic E-state index is 13.1. The summed E-state index contributed by atoms with van der Waals surface area (Å²) in [6, 6.07) is 13.7. The Morgan fingerprint density at radius 2 is 1.94 bits per heavy atom. The average molecular weight is 467 g/mol. The number of sulfone groups is 1. The number of fused-ring (bicyclic) bond motifs is 2. The molecule has 2 aromatic carbocycles. The molecule has 170 valence electrons. The monoisotopic (exact) mass is 467 g/mol. The molecule has 4 aromatic rings. The molecule has 8 nitrogen and oxygen atoms in total. The highest BCUT2D eigenvalue weighted by molar-refractivity contribution is 7.91. The van der Waals surface area contributed by atoms with Crippen molar-refractivity contribution in [1.29, 1.82) is 0 Å². The minimum atomic E-state index is -3.09. The molecule has 0 N–H and O–H groups in total. The van der Waals surface area contributed by atoms with Gasteiger partial charge in [0.05, 0.1) is 17.1 Å². The van der Waals surface area contributed by atoms with E-state index in [0.29, 0.717) is 34.3 Å². The van der Waals surface area contributed by atoms with Crippen LogP contribution in [-0.4, -0.2) is 56.2 Å². The first kappa shape index (κ1) is 21.3. The lowest BCUT2D eigenvalue weighted by molar-refractivity contribution is -0.133. The van der Waals surface area contributed by atoms with Crippen molar-refractivity contribution in [2.24, 2.45) is 0 Å². The van der Waals surface area contributed by atoms with Crippen molar-refractivity contribution in [1.82, 2.24) is 4.90 Å². The molecule has 1 unspecified atom stereocenters. The van der Waals surface area contributed by atoms with Crippen LogP contribution in [0.25, 0.3) is 21.9 Å². The smallest absolute Gasteiger partial charge is 0.260 e. The minimum absolute atomic E-state index is 0.0243. The second-order valence-electron chi connectivity index (χ2n) is 8.14. The van der Waals surface area contributed by atoms with Gasteiger partial charge in [0.2, 0.25) is 5.78 Å². The number of furan rings is 2. The summed E-state index contributed by atoms with van der Waals surface area (Å²) in [7, 11) is -1.50. The Bertz CT molecular complexity index is 1450. The summed E-state index contributed by atoms with van der Waals surface area (Å²) in [5.41, 5.74) is 1.45. The van der Waals surface area contributed by atoms with Crippen LogP contribution in [0, 0.1) is 0 Å². The predicted octanol–water partition coefficient (Wildman–Crippen LogP) is 3.43. The van der Waals surface area contributed by atoms with Crippen molar-refractivity contribution in [2.75, 3.05) is 25.2 Å². The molecule has 1 aliphatic rings. The van der Waals surface area contributed by atoms with E-state index in [1.165, 1.54) is 11.2 Å². The highest BCUT2D eigenvalue weighted by Crippen LogP contribution is 2.29. The Kier molecular flexibility index (Phi) is 5.20. The number of benzene rings is 2. The molecule has 1 aliphatic heterocycles. The molecule has 1 saturated heterocycles. The average Bonchev–Trinajstić information content (AvgIpc) is 3.52. The third kappa shape index (κ3) is 4.11. The number of likely N-dealkylation sites (N-methyl/N-ethyl adjacent to an activating group) is 1. The van der Waals surface area contributed by atoms with Crippen molar-refractivity contribution in [3.63, 3.8) is 0 Å². The molecule has 0 saturated carbocycles. The van der Waals surface area contributed by atoms with Gasteiger partial charge in [-0.1, -0.05) is 18.2 Å². The van der Waals surface area contributed by atoms with Gasteiger partial charge in [-0.05, 0) is 36.8 Å². The molecule has 0 aliphatic carbocycles. The van der Waals surface area contributed by atoms with Gasteiger partial charge in [0.25, 0.3) is 5.91 Å². The molecule has 9 heteroatoms. The largest absolute Gasteiger partial charge is 0.484 e. The number of carbonyl (C=O) groups is 2. The third-order valence-corrected chi connectivity index (χ3v) is 7.70. The number of ether oxygens (including phenoxy) is 1. The molecular weight excluding hydrogens is 446 g/mol. The Morgan fingerprint density at radius 1 is 1.12 bits per heavy atom. The fourth-order valence-electron chi connectivity index (χ4n) is 4.03. The number of carbonyl (C=O) groups excluding carboxylic acids is 2. The van der Waals surface area contributed by atoms with Gasteiger partial charge in [-0.3, -0.25) is 9.59 Å². The van der Waals surface area contributed by atoms with Crippen LogP contribution in [0.4, 0.5) is 0 Å². The number of nitrogens with zero attached hydrogens (tertiary/aromatic N) is 1. The van der Waals surface area contributed by atoms with Gasteiger partial charge in [0.1, 0.15) is 23.2 Å². The van der Waals surface area contributed by atoms with Gasteiger partial charge in [0, 0.05) is 23.9 Å².